The number of rotatable bonds is 8. The molecule has 1 saturated heterocycles. The number of ether oxygens (including phenoxy) is 2. The van der Waals surface area contributed by atoms with E-state index in [1.807, 2.05) is 47.1 Å². The summed E-state index contributed by atoms with van der Waals surface area (Å²) in [5.41, 5.74) is 3.65. The fourth-order valence-electron chi connectivity index (χ4n) is 3.64. The molecule has 0 radical (unpaired) electrons. The number of hydrogen-bond donors (Lipinski definition) is 1. The molecule has 3 aromatic rings. The molecule has 1 atom stereocenters. The lowest BCUT2D eigenvalue weighted by molar-refractivity contribution is -0.131. The Balaban J connectivity index is 1.37. The van der Waals surface area contributed by atoms with Gasteiger partial charge >= 0.3 is 5.97 Å². The van der Waals surface area contributed by atoms with E-state index in [4.69, 9.17) is 14.6 Å². The SMILES string of the molecule is O=C(O)C=Cc1ccccc1CCOc1ccc(-c2ccnn2C2CCCCO2)nc1. The van der Waals surface area contributed by atoms with Crippen molar-refractivity contribution in [2.24, 2.45) is 0 Å². The molecule has 1 aromatic carbocycles. The highest BCUT2D eigenvalue weighted by molar-refractivity contribution is 5.85. The standard InChI is InChI=1S/C24H25N3O4/c28-24(29)11-8-18-5-1-2-6-19(18)13-16-30-20-9-10-21(25-17-20)22-12-14-26-27(22)23-7-3-4-15-31-23/h1-2,5-6,8-12,14,17,23H,3-4,7,13,15-16H2,(H,28,29). The van der Waals surface area contributed by atoms with Gasteiger partial charge in [-0.3, -0.25) is 4.98 Å². The van der Waals surface area contributed by atoms with Crippen molar-refractivity contribution in [1.29, 1.82) is 0 Å². The lowest BCUT2D eigenvalue weighted by Gasteiger charge is -2.24. The molecule has 4 rings (SSSR count). The molecule has 1 aliphatic rings. The largest absolute Gasteiger partial charge is 0.492 e. The lowest BCUT2D eigenvalue weighted by Crippen LogP contribution is -2.20. The van der Waals surface area contributed by atoms with E-state index < -0.39 is 5.97 Å². The number of hydrogen-bond acceptors (Lipinski definition) is 5. The zero-order valence-corrected chi connectivity index (χ0v) is 17.2. The van der Waals surface area contributed by atoms with Crippen LogP contribution in [-0.4, -0.2) is 39.1 Å². The average molecular weight is 419 g/mol. The molecule has 0 amide bonds. The summed E-state index contributed by atoms with van der Waals surface area (Å²) in [6.45, 7) is 1.23. The van der Waals surface area contributed by atoms with E-state index in [2.05, 4.69) is 10.1 Å². The fraction of sp³-hybridized carbons (Fsp3) is 0.292. The molecule has 1 unspecified atom stereocenters. The van der Waals surface area contributed by atoms with Crippen LogP contribution >= 0.6 is 0 Å². The molecule has 7 heteroatoms. The Kier molecular flexibility index (Phi) is 6.74. The van der Waals surface area contributed by atoms with E-state index >= 15 is 0 Å². The zero-order valence-electron chi connectivity index (χ0n) is 17.2. The van der Waals surface area contributed by atoms with Crippen molar-refractivity contribution in [2.45, 2.75) is 31.9 Å². The Morgan fingerprint density at radius 3 is 2.90 bits per heavy atom. The van der Waals surface area contributed by atoms with E-state index in [1.54, 1.807) is 18.5 Å². The number of pyridine rings is 1. The predicted molar refractivity (Wildman–Crippen MR) is 117 cm³/mol. The van der Waals surface area contributed by atoms with Crippen LogP contribution in [0, 0.1) is 0 Å². The Morgan fingerprint density at radius 2 is 2.13 bits per heavy atom. The maximum atomic E-state index is 10.8. The Hall–Kier alpha value is -3.45. The van der Waals surface area contributed by atoms with Gasteiger partial charge in [0.2, 0.25) is 0 Å². The van der Waals surface area contributed by atoms with E-state index in [0.29, 0.717) is 18.8 Å². The molecule has 0 saturated carbocycles. The summed E-state index contributed by atoms with van der Waals surface area (Å²) < 4.78 is 13.6. The lowest BCUT2D eigenvalue weighted by atomic mass is 10.0. The summed E-state index contributed by atoms with van der Waals surface area (Å²) in [5, 5.41) is 13.3. The van der Waals surface area contributed by atoms with Gasteiger partial charge in [0.1, 0.15) is 5.75 Å². The molecule has 0 bridgehead atoms. The Bertz CT molecular complexity index is 1040. The first kappa shape index (κ1) is 20.8. The van der Waals surface area contributed by atoms with Gasteiger partial charge in [-0.25, -0.2) is 9.48 Å². The van der Waals surface area contributed by atoms with Crippen LogP contribution in [0.4, 0.5) is 0 Å². The molecule has 1 fully saturated rings. The van der Waals surface area contributed by atoms with Crippen molar-refractivity contribution < 1.29 is 19.4 Å². The molecule has 0 aliphatic carbocycles. The molecule has 31 heavy (non-hydrogen) atoms. The second-order valence-corrected chi connectivity index (χ2v) is 7.33. The van der Waals surface area contributed by atoms with Crippen molar-refractivity contribution in [2.75, 3.05) is 13.2 Å². The number of aliphatic carboxylic acids is 1. The van der Waals surface area contributed by atoms with Gasteiger partial charge < -0.3 is 14.6 Å². The average Bonchev–Trinajstić information content (AvgIpc) is 3.29. The zero-order chi connectivity index (χ0) is 21.5. The highest BCUT2D eigenvalue weighted by atomic mass is 16.5. The van der Waals surface area contributed by atoms with Gasteiger partial charge in [0.15, 0.2) is 6.23 Å². The molecule has 3 heterocycles. The molecule has 1 aliphatic heterocycles. The van der Waals surface area contributed by atoms with Crippen molar-refractivity contribution in [1.82, 2.24) is 14.8 Å². The fourth-order valence-corrected chi connectivity index (χ4v) is 3.64. The van der Waals surface area contributed by atoms with E-state index in [-0.39, 0.29) is 6.23 Å². The predicted octanol–water partition coefficient (Wildman–Crippen LogP) is 4.36. The number of carbonyl (C=O) groups is 1. The molecular formula is C24H25N3O4. The number of benzene rings is 1. The van der Waals surface area contributed by atoms with Crippen LogP contribution in [0.2, 0.25) is 0 Å². The first-order valence-electron chi connectivity index (χ1n) is 10.4. The topological polar surface area (TPSA) is 86.5 Å². The monoisotopic (exact) mass is 419 g/mol. The van der Waals surface area contributed by atoms with Gasteiger partial charge in [-0.2, -0.15) is 5.10 Å². The van der Waals surface area contributed by atoms with Crippen molar-refractivity contribution in [3.63, 3.8) is 0 Å². The molecule has 0 spiro atoms. The molecular weight excluding hydrogens is 394 g/mol. The molecule has 2 aromatic heterocycles. The quantitative estimate of drug-likeness (QED) is 0.546. The van der Waals surface area contributed by atoms with Gasteiger partial charge in [0, 0.05) is 25.3 Å². The normalized spacial score (nSPS) is 16.5. The van der Waals surface area contributed by atoms with E-state index in [9.17, 15) is 4.79 Å². The van der Waals surface area contributed by atoms with Crippen LogP contribution in [0.1, 0.15) is 36.6 Å². The van der Waals surface area contributed by atoms with Gasteiger partial charge in [0.25, 0.3) is 0 Å². The summed E-state index contributed by atoms with van der Waals surface area (Å²) in [5.74, 6) is -0.282. The number of aromatic nitrogens is 3. The smallest absolute Gasteiger partial charge is 0.328 e. The second kappa shape index (κ2) is 10.0. The van der Waals surface area contributed by atoms with Crippen LogP contribution in [0.25, 0.3) is 17.5 Å². The maximum Gasteiger partial charge on any atom is 0.328 e. The number of carboxylic acid groups (broad SMARTS) is 1. The number of carboxylic acids is 1. The molecule has 7 nitrogen and oxygen atoms in total. The highest BCUT2D eigenvalue weighted by Crippen LogP contribution is 2.28. The summed E-state index contributed by atoms with van der Waals surface area (Å²) in [4.78, 5) is 15.3. The first-order chi connectivity index (χ1) is 15.2. The van der Waals surface area contributed by atoms with Crippen molar-refractivity contribution in [3.8, 4) is 17.1 Å². The van der Waals surface area contributed by atoms with Gasteiger partial charge in [0.05, 0.1) is 24.2 Å². The Labute approximate surface area is 181 Å². The number of nitrogens with zero attached hydrogens (tertiary/aromatic N) is 3. The van der Waals surface area contributed by atoms with Gasteiger partial charge in [-0.1, -0.05) is 24.3 Å². The van der Waals surface area contributed by atoms with Gasteiger partial charge in [-0.05, 0) is 54.7 Å². The van der Waals surface area contributed by atoms with Crippen LogP contribution in [-0.2, 0) is 16.0 Å². The third kappa shape index (κ3) is 5.38. The first-order valence-corrected chi connectivity index (χ1v) is 10.4. The Morgan fingerprint density at radius 1 is 1.23 bits per heavy atom. The van der Waals surface area contributed by atoms with Crippen molar-refractivity contribution >= 4 is 12.0 Å². The van der Waals surface area contributed by atoms with E-state index in [1.165, 1.54) is 0 Å². The van der Waals surface area contributed by atoms with Crippen LogP contribution in [0.3, 0.4) is 0 Å². The molecule has 160 valence electrons. The maximum absolute atomic E-state index is 10.8. The molecule has 1 N–H and O–H groups in total. The van der Waals surface area contributed by atoms with Crippen LogP contribution < -0.4 is 4.74 Å². The van der Waals surface area contributed by atoms with Crippen LogP contribution in [0.15, 0.2) is 60.9 Å². The third-order valence-electron chi connectivity index (χ3n) is 5.20. The van der Waals surface area contributed by atoms with Gasteiger partial charge in [-0.15, -0.1) is 0 Å². The third-order valence-corrected chi connectivity index (χ3v) is 5.20. The summed E-state index contributed by atoms with van der Waals surface area (Å²) >= 11 is 0. The minimum absolute atomic E-state index is 0.0354. The van der Waals surface area contributed by atoms with Crippen LogP contribution in [0.5, 0.6) is 5.75 Å². The van der Waals surface area contributed by atoms with E-state index in [0.717, 1.165) is 54.5 Å². The minimum atomic E-state index is -0.964. The highest BCUT2D eigenvalue weighted by Gasteiger charge is 2.20. The summed E-state index contributed by atoms with van der Waals surface area (Å²) in [7, 11) is 0. The van der Waals surface area contributed by atoms with Crippen molar-refractivity contribution in [3.05, 3.63) is 72.1 Å². The summed E-state index contributed by atoms with van der Waals surface area (Å²) in [6.07, 6.45) is 10.1. The second-order valence-electron chi connectivity index (χ2n) is 7.33. The summed E-state index contributed by atoms with van der Waals surface area (Å²) in [6, 6.07) is 13.5. The minimum Gasteiger partial charge on any atom is -0.492 e.